The highest BCUT2D eigenvalue weighted by atomic mass is 32.1. The highest BCUT2D eigenvalue weighted by Gasteiger charge is 2.06. The van der Waals surface area contributed by atoms with Crippen LogP contribution in [0.25, 0.3) is 11.3 Å². The Bertz CT molecular complexity index is 503. The minimum absolute atomic E-state index is 0.735. The molecule has 0 spiro atoms. The van der Waals surface area contributed by atoms with Crippen molar-refractivity contribution in [1.29, 1.82) is 0 Å². The second-order valence-corrected chi connectivity index (χ2v) is 5.28. The Morgan fingerprint density at radius 1 is 1.29 bits per heavy atom. The molecule has 1 aromatic carbocycles. The number of thiazole rings is 1. The summed E-state index contributed by atoms with van der Waals surface area (Å²) in [5, 5.41) is 3.33. The van der Waals surface area contributed by atoms with E-state index in [0.717, 1.165) is 25.1 Å². The molecule has 0 aliphatic carbocycles. The van der Waals surface area contributed by atoms with Gasteiger partial charge in [-0.15, -0.1) is 11.3 Å². The van der Waals surface area contributed by atoms with Gasteiger partial charge in [-0.05, 0) is 32.4 Å². The van der Waals surface area contributed by atoms with E-state index < -0.39 is 0 Å². The highest BCUT2D eigenvalue weighted by molar-refractivity contribution is 7.09. The van der Waals surface area contributed by atoms with Crippen molar-refractivity contribution in [2.75, 3.05) is 6.54 Å². The zero-order valence-electron chi connectivity index (χ0n) is 10.4. The summed E-state index contributed by atoms with van der Waals surface area (Å²) in [7, 11) is 0. The van der Waals surface area contributed by atoms with Crippen LogP contribution in [-0.2, 0) is 6.42 Å². The van der Waals surface area contributed by atoms with Crippen molar-refractivity contribution in [2.24, 2.45) is 5.73 Å². The molecule has 3 heteroatoms. The van der Waals surface area contributed by atoms with E-state index in [0.29, 0.717) is 0 Å². The molecule has 0 aliphatic rings. The van der Waals surface area contributed by atoms with Crippen LogP contribution < -0.4 is 5.73 Å². The Hall–Kier alpha value is -1.19. The molecule has 90 valence electrons. The number of hydrogen-bond donors (Lipinski definition) is 1. The van der Waals surface area contributed by atoms with Gasteiger partial charge in [-0.2, -0.15) is 0 Å². The first-order chi connectivity index (χ1) is 8.20. The van der Waals surface area contributed by atoms with Crippen LogP contribution in [0.2, 0.25) is 0 Å². The predicted octanol–water partition coefficient (Wildman–Crippen LogP) is 3.32. The molecule has 0 amide bonds. The van der Waals surface area contributed by atoms with E-state index in [4.69, 9.17) is 5.73 Å². The molecule has 0 saturated carbocycles. The van der Waals surface area contributed by atoms with Gasteiger partial charge in [-0.1, -0.05) is 23.8 Å². The van der Waals surface area contributed by atoms with E-state index in [1.165, 1.54) is 21.7 Å². The average molecular weight is 246 g/mol. The lowest BCUT2D eigenvalue weighted by Crippen LogP contribution is -1.99. The number of aryl methyl sites for hydroxylation is 3. The maximum Gasteiger partial charge on any atom is 0.0933 e. The van der Waals surface area contributed by atoms with E-state index >= 15 is 0 Å². The lowest BCUT2D eigenvalue weighted by molar-refractivity contribution is 0.826. The van der Waals surface area contributed by atoms with Gasteiger partial charge in [0.2, 0.25) is 0 Å². The molecular weight excluding hydrogens is 228 g/mol. The summed E-state index contributed by atoms with van der Waals surface area (Å²) in [6, 6.07) is 6.50. The van der Waals surface area contributed by atoms with Crippen LogP contribution in [0.1, 0.15) is 22.6 Å². The molecule has 0 bridgehead atoms. The van der Waals surface area contributed by atoms with E-state index in [2.05, 4.69) is 42.4 Å². The first kappa shape index (κ1) is 12.3. The van der Waals surface area contributed by atoms with Gasteiger partial charge in [-0.25, -0.2) is 4.98 Å². The Morgan fingerprint density at radius 2 is 2.12 bits per heavy atom. The van der Waals surface area contributed by atoms with Crippen LogP contribution >= 0.6 is 11.3 Å². The third kappa shape index (κ3) is 2.93. The van der Waals surface area contributed by atoms with Gasteiger partial charge in [-0.3, -0.25) is 0 Å². The average Bonchev–Trinajstić information content (AvgIpc) is 2.75. The lowest BCUT2D eigenvalue weighted by atomic mass is 10.0. The minimum Gasteiger partial charge on any atom is -0.330 e. The largest absolute Gasteiger partial charge is 0.330 e. The van der Waals surface area contributed by atoms with Crippen molar-refractivity contribution in [3.8, 4) is 11.3 Å². The molecule has 0 unspecified atom stereocenters. The van der Waals surface area contributed by atoms with Crippen molar-refractivity contribution >= 4 is 11.3 Å². The van der Waals surface area contributed by atoms with Gasteiger partial charge in [0.1, 0.15) is 0 Å². The quantitative estimate of drug-likeness (QED) is 0.898. The van der Waals surface area contributed by atoms with Gasteiger partial charge >= 0.3 is 0 Å². The van der Waals surface area contributed by atoms with Crippen LogP contribution in [0.5, 0.6) is 0 Å². The number of hydrogen-bond acceptors (Lipinski definition) is 3. The van der Waals surface area contributed by atoms with Crippen LogP contribution in [0, 0.1) is 13.8 Å². The van der Waals surface area contributed by atoms with Crippen molar-refractivity contribution in [3.63, 3.8) is 0 Å². The molecule has 0 radical (unpaired) electrons. The maximum absolute atomic E-state index is 5.51. The fraction of sp³-hybridized carbons (Fsp3) is 0.357. The maximum atomic E-state index is 5.51. The van der Waals surface area contributed by atoms with Crippen LogP contribution in [0.4, 0.5) is 0 Å². The summed E-state index contributed by atoms with van der Waals surface area (Å²) in [6.07, 6.45) is 2.01. The molecule has 0 fully saturated rings. The normalized spacial score (nSPS) is 10.8. The molecule has 2 aromatic rings. The second-order valence-electron chi connectivity index (χ2n) is 4.34. The molecular formula is C14H18N2S. The highest BCUT2D eigenvalue weighted by Crippen LogP contribution is 2.26. The fourth-order valence-electron chi connectivity index (χ4n) is 1.90. The summed E-state index contributed by atoms with van der Waals surface area (Å²) < 4.78 is 0. The van der Waals surface area contributed by atoms with E-state index in [1.807, 2.05) is 0 Å². The first-order valence-electron chi connectivity index (χ1n) is 5.93. The first-order valence-corrected chi connectivity index (χ1v) is 6.81. The van der Waals surface area contributed by atoms with E-state index in [1.54, 1.807) is 11.3 Å². The third-order valence-corrected chi connectivity index (χ3v) is 3.71. The van der Waals surface area contributed by atoms with Crippen molar-refractivity contribution in [1.82, 2.24) is 4.98 Å². The summed E-state index contributed by atoms with van der Waals surface area (Å²) >= 11 is 1.73. The third-order valence-electron chi connectivity index (χ3n) is 2.80. The number of nitrogens with two attached hydrogens (primary N) is 1. The number of nitrogens with zero attached hydrogens (tertiary/aromatic N) is 1. The van der Waals surface area contributed by atoms with Crippen molar-refractivity contribution < 1.29 is 0 Å². The summed E-state index contributed by atoms with van der Waals surface area (Å²) in [5.74, 6) is 0. The van der Waals surface area contributed by atoms with E-state index in [-0.39, 0.29) is 0 Å². The van der Waals surface area contributed by atoms with Crippen LogP contribution in [-0.4, -0.2) is 11.5 Å². The number of benzene rings is 1. The molecule has 1 aromatic heterocycles. The molecule has 0 aliphatic heterocycles. The Kier molecular flexibility index (Phi) is 3.92. The molecule has 17 heavy (non-hydrogen) atoms. The molecule has 0 saturated heterocycles. The zero-order chi connectivity index (χ0) is 12.3. The Morgan fingerprint density at radius 3 is 2.82 bits per heavy atom. The van der Waals surface area contributed by atoms with Gasteiger partial charge in [0.15, 0.2) is 0 Å². The monoisotopic (exact) mass is 246 g/mol. The number of aromatic nitrogens is 1. The fourth-order valence-corrected chi connectivity index (χ4v) is 2.74. The standard InChI is InChI=1S/C14H18N2S/c1-10-5-6-12(11(2)8-10)13-9-17-14(16-13)4-3-7-15/h5-6,8-9H,3-4,7,15H2,1-2H3. The minimum atomic E-state index is 0.735. The molecule has 0 atom stereocenters. The van der Waals surface area contributed by atoms with Gasteiger partial charge in [0, 0.05) is 17.4 Å². The Balaban J connectivity index is 2.24. The van der Waals surface area contributed by atoms with Gasteiger partial charge < -0.3 is 5.73 Å². The molecule has 2 N–H and O–H groups in total. The van der Waals surface area contributed by atoms with Crippen LogP contribution in [0.15, 0.2) is 23.6 Å². The topological polar surface area (TPSA) is 38.9 Å². The lowest BCUT2D eigenvalue weighted by Gasteiger charge is -2.03. The second kappa shape index (κ2) is 5.43. The molecule has 1 heterocycles. The number of rotatable bonds is 4. The molecule has 2 nitrogen and oxygen atoms in total. The van der Waals surface area contributed by atoms with Gasteiger partial charge in [0.05, 0.1) is 10.7 Å². The van der Waals surface area contributed by atoms with Gasteiger partial charge in [0.25, 0.3) is 0 Å². The summed E-state index contributed by atoms with van der Waals surface area (Å²) in [6.45, 7) is 4.99. The van der Waals surface area contributed by atoms with Crippen molar-refractivity contribution in [2.45, 2.75) is 26.7 Å². The van der Waals surface area contributed by atoms with E-state index in [9.17, 15) is 0 Å². The summed E-state index contributed by atoms with van der Waals surface area (Å²) in [5.41, 5.74) is 10.4. The smallest absolute Gasteiger partial charge is 0.0933 e. The predicted molar refractivity (Wildman–Crippen MR) is 74.4 cm³/mol. The SMILES string of the molecule is Cc1ccc(-c2csc(CCCN)n2)c(C)c1. The Labute approximate surface area is 107 Å². The van der Waals surface area contributed by atoms with Crippen LogP contribution in [0.3, 0.4) is 0 Å². The zero-order valence-corrected chi connectivity index (χ0v) is 11.2. The van der Waals surface area contributed by atoms with Crippen molar-refractivity contribution in [3.05, 3.63) is 39.7 Å². The molecule has 2 rings (SSSR count). The summed E-state index contributed by atoms with van der Waals surface area (Å²) in [4.78, 5) is 4.67.